The zero-order valence-corrected chi connectivity index (χ0v) is 15.0. The molecule has 0 aliphatic heterocycles. The first kappa shape index (κ1) is 19.2. The monoisotopic (exact) mass is 358 g/mol. The van der Waals surface area contributed by atoms with E-state index in [4.69, 9.17) is 14.6 Å². The highest BCUT2D eigenvalue weighted by Crippen LogP contribution is 2.30. The first-order chi connectivity index (χ1) is 12.5. The van der Waals surface area contributed by atoms with Crippen LogP contribution in [-0.4, -0.2) is 35.7 Å². The third-order valence-corrected chi connectivity index (χ3v) is 3.74. The van der Waals surface area contributed by atoms with Crippen molar-refractivity contribution in [3.8, 4) is 11.5 Å². The summed E-state index contributed by atoms with van der Waals surface area (Å²) in [4.78, 5) is 27.6. The predicted molar refractivity (Wildman–Crippen MR) is 97.3 cm³/mol. The van der Waals surface area contributed by atoms with Crippen molar-refractivity contribution in [3.63, 3.8) is 0 Å². The van der Waals surface area contributed by atoms with Gasteiger partial charge in [0.2, 0.25) is 0 Å². The number of ether oxygens (including phenoxy) is 2. The molecule has 0 radical (unpaired) electrons. The fourth-order valence-corrected chi connectivity index (χ4v) is 2.29. The molecule has 0 bridgehead atoms. The smallest absolute Gasteiger partial charge is 0.337 e. The maximum absolute atomic E-state index is 12.5. The Morgan fingerprint density at radius 2 is 2.00 bits per heavy atom. The number of benzene rings is 1. The van der Waals surface area contributed by atoms with Crippen molar-refractivity contribution in [1.29, 1.82) is 0 Å². The number of anilines is 1. The van der Waals surface area contributed by atoms with Gasteiger partial charge >= 0.3 is 5.97 Å². The molecule has 0 saturated heterocycles. The molecule has 2 rings (SSSR count). The summed E-state index contributed by atoms with van der Waals surface area (Å²) in [5.41, 5.74) is 0.920. The predicted octanol–water partition coefficient (Wildman–Crippen LogP) is 3.53. The summed E-state index contributed by atoms with van der Waals surface area (Å²) in [6.45, 7) is 4.15. The molecule has 0 fully saturated rings. The highest BCUT2D eigenvalue weighted by molar-refractivity contribution is 6.04. The second kappa shape index (κ2) is 8.84. The highest BCUT2D eigenvalue weighted by Gasteiger charge is 2.15. The van der Waals surface area contributed by atoms with Gasteiger partial charge < -0.3 is 19.9 Å². The Hall–Kier alpha value is -3.09. The number of nitrogens with zero attached hydrogens (tertiary/aromatic N) is 1. The molecule has 7 nitrogen and oxygen atoms in total. The number of aromatic nitrogens is 1. The second-order valence-corrected chi connectivity index (χ2v) is 5.65. The lowest BCUT2D eigenvalue weighted by Crippen LogP contribution is -2.16. The fourth-order valence-electron chi connectivity index (χ4n) is 2.29. The number of pyridine rings is 1. The van der Waals surface area contributed by atoms with Crippen molar-refractivity contribution < 1.29 is 24.2 Å². The van der Waals surface area contributed by atoms with Gasteiger partial charge in [-0.05, 0) is 37.6 Å². The number of aryl methyl sites for hydroxylation is 1. The topological polar surface area (TPSA) is 97.8 Å². The van der Waals surface area contributed by atoms with Crippen molar-refractivity contribution in [2.24, 2.45) is 0 Å². The molecule has 1 aromatic carbocycles. The number of carbonyl (C=O) groups is 2. The van der Waals surface area contributed by atoms with Crippen LogP contribution in [0.1, 0.15) is 46.3 Å². The number of hydrogen-bond donors (Lipinski definition) is 2. The molecule has 1 amide bonds. The summed E-state index contributed by atoms with van der Waals surface area (Å²) in [5, 5.41) is 11.8. The molecule has 2 aromatic rings. The maximum atomic E-state index is 12.5. The number of carboxylic acids is 1. The van der Waals surface area contributed by atoms with Gasteiger partial charge in [-0.25, -0.2) is 9.78 Å². The van der Waals surface area contributed by atoms with Gasteiger partial charge in [0.1, 0.15) is 17.2 Å². The molecule has 0 aliphatic rings. The molecular formula is C19H22N2O5. The quantitative estimate of drug-likeness (QED) is 0.701. The van der Waals surface area contributed by atoms with Crippen LogP contribution in [0.25, 0.3) is 0 Å². The second-order valence-electron chi connectivity index (χ2n) is 5.65. The van der Waals surface area contributed by atoms with Crippen LogP contribution in [0, 0.1) is 6.92 Å². The number of amides is 1. The Bertz CT molecular complexity index is 805. The normalized spacial score (nSPS) is 10.3. The summed E-state index contributed by atoms with van der Waals surface area (Å²) in [6.07, 6.45) is 1.90. The van der Waals surface area contributed by atoms with Crippen LogP contribution in [0.15, 0.2) is 30.3 Å². The van der Waals surface area contributed by atoms with Crippen molar-refractivity contribution >= 4 is 17.6 Å². The van der Waals surface area contributed by atoms with E-state index in [9.17, 15) is 9.59 Å². The van der Waals surface area contributed by atoms with Crippen molar-refractivity contribution in [1.82, 2.24) is 4.98 Å². The van der Waals surface area contributed by atoms with E-state index < -0.39 is 11.9 Å². The summed E-state index contributed by atoms with van der Waals surface area (Å²) in [5.74, 6) is -0.431. The average molecular weight is 358 g/mol. The molecule has 138 valence electrons. The van der Waals surface area contributed by atoms with E-state index >= 15 is 0 Å². The van der Waals surface area contributed by atoms with Gasteiger partial charge in [0, 0.05) is 6.07 Å². The van der Waals surface area contributed by atoms with Crippen LogP contribution in [0.5, 0.6) is 11.5 Å². The molecule has 7 heteroatoms. The lowest BCUT2D eigenvalue weighted by molar-refractivity contribution is 0.0695. The SMILES string of the molecule is CCCCOc1ccc(OC)cc1NC(=O)c1ccc(C(=O)O)c(C)n1. The number of hydrogen-bond acceptors (Lipinski definition) is 5. The van der Waals surface area contributed by atoms with E-state index in [0.29, 0.717) is 23.8 Å². The van der Waals surface area contributed by atoms with Gasteiger partial charge in [0.15, 0.2) is 0 Å². The minimum Gasteiger partial charge on any atom is -0.497 e. The van der Waals surface area contributed by atoms with Gasteiger partial charge in [-0.1, -0.05) is 13.3 Å². The van der Waals surface area contributed by atoms with Crippen LogP contribution in [0.4, 0.5) is 5.69 Å². The third kappa shape index (κ3) is 4.72. The van der Waals surface area contributed by atoms with E-state index in [-0.39, 0.29) is 17.0 Å². The number of unbranched alkanes of at least 4 members (excludes halogenated alkanes) is 1. The van der Waals surface area contributed by atoms with Crippen LogP contribution >= 0.6 is 0 Å². The molecule has 0 atom stereocenters. The van der Waals surface area contributed by atoms with Gasteiger partial charge in [0.05, 0.1) is 30.7 Å². The average Bonchev–Trinajstić information content (AvgIpc) is 2.62. The number of aromatic carboxylic acids is 1. The summed E-state index contributed by atoms with van der Waals surface area (Å²) >= 11 is 0. The van der Waals surface area contributed by atoms with Crippen LogP contribution in [-0.2, 0) is 0 Å². The Kier molecular flexibility index (Phi) is 6.54. The number of nitrogens with one attached hydrogen (secondary N) is 1. The largest absolute Gasteiger partial charge is 0.497 e. The van der Waals surface area contributed by atoms with Crippen LogP contribution < -0.4 is 14.8 Å². The number of rotatable bonds is 8. The minimum absolute atomic E-state index is 0.0616. The standard InChI is InChI=1S/C19H22N2O5/c1-4-5-10-26-17-9-6-13(25-3)11-16(17)21-18(22)15-8-7-14(19(23)24)12(2)20-15/h6-9,11H,4-5,10H2,1-3H3,(H,21,22)(H,23,24). The maximum Gasteiger partial charge on any atom is 0.337 e. The zero-order valence-electron chi connectivity index (χ0n) is 15.0. The van der Waals surface area contributed by atoms with E-state index in [1.165, 1.54) is 19.2 Å². The summed E-state index contributed by atoms with van der Waals surface area (Å²) < 4.78 is 10.9. The molecule has 0 unspecified atom stereocenters. The van der Waals surface area contributed by atoms with E-state index in [1.807, 2.05) is 0 Å². The molecule has 0 aliphatic carbocycles. The summed E-state index contributed by atoms with van der Waals surface area (Å²) in [7, 11) is 1.54. The van der Waals surface area contributed by atoms with Gasteiger partial charge in [0.25, 0.3) is 5.91 Å². The van der Waals surface area contributed by atoms with Gasteiger partial charge in [-0.2, -0.15) is 0 Å². The first-order valence-corrected chi connectivity index (χ1v) is 8.29. The molecular weight excluding hydrogens is 336 g/mol. The third-order valence-electron chi connectivity index (χ3n) is 3.74. The summed E-state index contributed by atoms with van der Waals surface area (Å²) in [6, 6.07) is 7.89. The van der Waals surface area contributed by atoms with E-state index in [2.05, 4.69) is 17.2 Å². The van der Waals surface area contributed by atoms with E-state index in [1.54, 1.807) is 25.1 Å². The number of methoxy groups -OCH3 is 1. The van der Waals surface area contributed by atoms with Gasteiger partial charge in [-0.15, -0.1) is 0 Å². The van der Waals surface area contributed by atoms with Crippen molar-refractivity contribution in [2.75, 3.05) is 19.0 Å². The van der Waals surface area contributed by atoms with Crippen LogP contribution in [0.3, 0.4) is 0 Å². The molecule has 26 heavy (non-hydrogen) atoms. The fraction of sp³-hybridized carbons (Fsp3) is 0.316. The molecule has 1 aromatic heterocycles. The number of carboxylic acid groups (broad SMARTS) is 1. The van der Waals surface area contributed by atoms with E-state index in [0.717, 1.165) is 12.8 Å². The highest BCUT2D eigenvalue weighted by atomic mass is 16.5. The minimum atomic E-state index is -1.08. The molecule has 0 saturated carbocycles. The molecule has 1 heterocycles. The van der Waals surface area contributed by atoms with Crippen LogP contribution in [0.2, 0.25) is 0 Å². The molecule has 0 spiro atoms. The molecule has 2 N–H and O–H groups in total. The van der Waals surface area contributed by atoms with Crippen molar-refractivity contribution in [3.05, 3.63) is 47.3 Å². The first-order valence-electron chi connectivity index (χ1n) is 8.29. The Morgan fingerprint density at radius 3 is 2.62 bits per heavy atom. The van der Waals surface area contributed by atoms with Gasteiger partial charge in [-0.3, -0.25) is 4.79 Å². The van der Waals surface area contributed by atoms with Crippen molar-refractivity contribution in [2.45, 2.75) is 26.7 Å². The Morgan fingerprint density at radius 1 is 1.23 bits per heavy atom. The lowest BCUT2D eigenvalue weighted by Gasteiger charge is -2.14. The zero-order chi connectivity index (χ0) is 19.1. The Labute approximate surface area is 152 Å². The lowest BCUT2D eigenvalue weighted by atomic mass is 10.2. The number of carbonyl (C=O) groups excluding carboxylic acids is 1. The Balaban J connectivity index is 2.24.